The second kappa shape index (κ2) is 10.4. The molecule has 0 spiro atoms. The van der Waals surface area contributed by atoms with Crippen LogP contribution >= 0.6 is 0 Å². The van der Waals surface area contributed by atoms with E-state index in [1.807, 2.05) is 30.3 Å². The summed E-state index contributed by atoms with van der Waals surface area (Å²) < 4.78 is 17.1. The van der Waals surface area contributed by atoms with E-state index in [0.717, 1.165) is 29.0 Å². The minimum atomic E-state index is -0.360. The molecule has 36 heavy (non-hydrogen) atoms. The Labute approximate surface area is 212 Å². The fraction of sp³-hybridized carbons (Fsp3) is 0.258. The molecule has 0 saturated carbocycles. The third-order valence-electron chi connectivity index (χ3n) is 7.05. The molecule has 0 bridgehead atoms. The third-order valence-corrected chi connectivity index (χ3v) is 7.05. The molecule has 5 nitrogen and oxygen atoms in total. The zero-order chi connectivity index (χ0) is 25.1. The molecule has 3 unspecified atom stereocenters. The highest BCUT2D eigenvalue weighted by Gasteiger charge is 2.32. The molecule has 1 aliphatic heterocycles. The van der Waals surface area contributed by atoms with Gasteiger partial charge in [-0.1, -0.05) is 60.7 Å². The predicted molar refractivity (Wildman–Crippen MR) is 142 cm³/mol. The van der Waals surface area contributed by atoms with Crippen LogP contribution in [0.2, 0.25) is 0 Å². The van der Waals surface area contributed by atoms with Crippen molar-refractivity contribution in [2.24, 2.45) is 0 Å². The molecule has 0 amide bonds. The van der Waals surface area contributed by atoms with Gasteiger partial charge >= 0.3 is 5.97 Å². The Morgan fingerprint density at radius 3 is 2.58 bits per heavy atom. The smallest absolute Gasteiger partial charge is 0.337 e. The van der Waals surface area contributed by atoms with Gasteiger partial charge in [-0.05, 0) is 53.9 Å². The summed E-state index contributed by atoms with van der Waals surface area (Å²) in [5, 5.41) is 6.20. The molecular weight excluding hydrogens is 450 g/mol. The number of ether oxygens (including phenoxy) is 3. The van der Waals surface area contributed by atoms with Crippen LogP contribution in [0.1, 0.15) is 52.4 Å². The first-order valence-electron chi connectivity index (χ1n) is 12.3. The van der Waals surface area contributed by atoms with Crippen LogP contribution < -0.4 is 14.8 Å². The van der Waals surface area contributed by atoms with Gasteiger partial charge in [0.05, 0.1) is 19.8 Å². The summed E-state index contributed by atoms with van der Waals surface area (Å²) in [6.45, 7) is 2.88. The van der Waals surface area contributed by atoms with Gasteiger partial charge in [0.15, 0.2) is 0 Å². The largest absolute Gasteiger partial charge is 0.496 e. The Kier molecular flexibility index (Phi) is 6.92. The molecule has 0 aromatic heterocycles. The Morgan fingerprint density at radius 2 is 1.75 bits per heavy atom. The predicted octanol–water partition coefficient (Wildman–Crippen LogP) is 6.27. The van der Waals surface area contributed by atoms with Crippen molar-refractivity contribution in [3.8, 4) is 11.5 Å². The summed E-state index contributed by atoms with van der Waals surface area (Å²) in [6.07, 6.45) is 0.710. The maximum Gasteiger partial charge on any atom is 0.337 e. The number of nitrogens with one attached hydrogen (secondary N) is 1. The second-order valence-corrected chi connectivity index (χ2v) is 9.21. The van der Waals surface area contributed by atoms with E-state index in [1.54, 1.807) is 13.2 Å². The van der Waals surface area contributed by atoms with Crippen LogP contribution in [0.5, 0.6) is 11.5 Å². The third kappa shape index (κ3) is 4.67. The monoisotopic (exact) mass is 481 g/mol. The normalized spacial score (nSPS) is 17.6. The van der Waals surface area contributed by atoms with Crippen molar-refractivity contribution in [2.45, 2.75) is 31.4 Å². The number of hydrogen-bond donors (Lipinski definition) is 1. The number of fused-ring (bicyclic) bond motifs is 2. The van der Waals surface area contributed by atoms with E-state index in [-0.39, 0.29) is 24.0 Å². The van der Waals surface area contributed by atoms with Crippen molar-refractivity contribution in [2.75, 3.05) is 20.8 Å². The molecule has 5 rings (SSSR count). The van der Waals surface area contributed by atoms with Crippen molar-refractivity contribution in [1.82, 2.24) is 5.32 Å². The fourth-order valence-electron chi connectivity index (χ4n) is 5.21. The minimum Gasteiger partial charge on any atom is -0.496 e. The van der Waals surface area contributed by atoms with Crippen LogP contribution in [0.4, 0.5) is 0 Å². The topological polar surface area (TPSA) is 56.8 Å². The summed E-state index contributed by atoms with van der Waals surface area (Å²) in [6, 6.07) is 28.7. The molecule has 0 radical (unpaired) electrons. The Balaban J connectivity index is 1.42. The lowest BCUT2D eigenvalue weighted by Gasteiger charge is -2.34. The molecule has 1 N–H and O–H groups in total. The standard InChI is InChI=1S/C31H31NO4/c1-20(24-13-8-10-21-9-4-5-11-25(21)24)32-19-23-18-27(26-12-6-7-14-30(26)36-23)28-17-22(31(33)35-3)15-16-29(28)34-2/h4-17,20,23,27,32H,18-19H2,1-3H3. The van der Waals surface area contributed by atoms with E-state index in [4.69, 9.17) is 14.2 Å². The number of rotatable bonds is 7. The highest BCUT2D eigenvalue weighted by Crippen LogP contribution is 2.43. The van der Waals surface area contributed by atoms with E-state index in [2.05, 4.69) is 60.8 Å². The van der Waals surface area contributed by atoms with E-state index in [9.17, 15) is 4.79 Å². The van der Waals surface area contributed by atoms with Crippen LogP contribution in [0.3, 0.4) is 0 Å². The van der Waals surface area contributed by atoms with Gasteiger partial charge in [-0.2, -0.15) is 0 Å². The maximum absolute atomic E-state index is 12.3. The van der Waals surface area contributed by atoms with Crippen LogP contribution in [0.25, 0.3) is 10.8 Å². The first-order chi connectivity index (χ1) is 17.6. The van der Waals surface area contributed by atoms with Gasteiger partial charge in [-0.15, -0.1) is 0 Å². The van der Waals surface area contributed by atoms with Crippen molar-refractivity contribution < 1.29 is 19.0 Å². The van der Waals surface area contributed by atoms with Crippen molar-refractivity contribution in [3.63, 3.8) is 0 Å². The number of hydrogen-bond acceptors (Lipinski definition) is 5. The Morgan fingerprint density at radius 1 is 0.972 bits per heavy atom. The van der Waals surface area contributed by atoms with E-state index < -0.39 is 0 Å². The molecule has 4 aromatic carbocycles. The van der Waals surface area contributed by atoms with Gasteiger partial charge in [-0.25, -0.2) is 4.79 Å². The zero-order valence-corrected chi connectivity index (χ0v) is 20.9. The number of carbonyl (C=O) groups excluding carboxylic acids is 1. The number of para-hydroxylation sites is 1. The quantitative estimate of drug-likeness (QED) is 0.315. The summed E-state index contributed by atoms with van der Waals surface area (Å²) >= 11 is 0. The van der Waals surface area contributed by atoms with Crippen molar-refractivity contribution in [1.29, 1.82) is 0 Å². The number of methoxy groups -OCH3 is 2. The number of carbonyl (C=O) groups is 1. The molecule has 0 aliphatic carbocycles. The number of benzene rings is 4. The lowest BCUT2D eigenvalue weighted by Crippen LogP contribution is -2.37. The second-order valence-electron chi connectivity index (χ2n) is 9.21. The van der Waals surface area contributed by atoms with Gasteiger partial charge in [0.25, 0.3) is 0 Å². The first kappa shape index (κ1) is 23.9. The van der Waals surface area contributed by atoms with E-state index in [1.165, 1.54) is 23.4 Å². The minimum absolute atomic E-state index is 0.0224. The average molecular weight is 482 g/mol. The molecular formula is C31H31NO4. The van der Waals surface area contributed by atoms with Gasteiger partial charge < -0.3 is 19.5 Å². The fourth-order valence-corrected chi connectivity index (χ4v) is 5.21. The molecule has 0 saturated heterocycles. The summed E-state index contributed by atoms with van der Waals surface area (Å²) in [7, 11) is 3.06. The lowest BCUT2D eigenvalue weighted by molar-refractivity contribution is 0.0600. The lowest BCUT2D eigenvalue weighted by atomic mass is 9.83. The van der Waals surface area contributed by atoms with Crippen LogP contribution in [-0.4, -0.2) is 32.8 Å². The van der Waals surface area contributed by atoms with Gasteiger partial charge in [0, 0.05) is 29.6 Å². The Hall–Kier alpha value is -3.83. The molecule has 1 aliphatic rings. The van der Waals surface area contributed by atoms with Crippen LogP contribution in [0, 0.1) is 0 Å². The van der Waals surface area contributed by atoms with Gasteiger partial charge in [0.2, 0.25) is 0 Å². The maximum atomic E-state index is 12.3. The van der Waals surface area contributed by atoms with Crippen molar-refractivity contribution in [3.05, 3.63) is 107 Å². The van der Waals surface area contributed by atoms with E-state index >= 15 is 0 Å². The molecule has 3 atom stereocenters. The van der Waals surface area contributed by atoms with E-state index in [0.29, 0.717) is 12.1 Å². The van der Waals surface area contributed by atoms with Gasteiger partial charge in [0.1, 0.15) is 17.6 Å². The SMILES string of the molecule is COC(=O)c1ccc(OC)c(C2CC(CNC(C)c3cccc4ccccc34)Oc3ccccc32)c1. The first-order valence-corrected chi connectivity index (χ1v) is 12.3. The van der Waals surface area contributed by atoms with Gasteiger partial charge in [-0.3, -0.25) is 0 Å². The molecule has 4 aromatic rings. The Bertz CT molecular complexity index is 1380. The summed E-state index contributed by atoms with van der Waals surface area (Å²) in [5.74, 6) is 1.28. The molecule has 5 heteroatoms. The zero-order valence-electron chi connectivity index (χ0n) is 20.9. The highest BCUT2D eigenvalue weighted by atomic mass is 16.5. The number of esters is 1. The average Bonchev–Trinajstić information content (AvgIpc) is 2.94. The van der Waals surface area contributed by atoms with Crippen LogP contribution in [-0.2, 0) is 4.74 Å². The molecule has 1 heterocycles. The summed E-state index contributed by atoms with van der Waals surface area (Å²) in [5.41, 5.74) is 3.84. The highest BCUT2D eigenvalue weighted by molar-refractivity contribution is 5.90. The van der Waals surface area contributed by atoms with Crippen LogP contribution in [0.15, 0.2) is 84.9 Å². The molecule has 0 fully saturated rings. The van der Waals surface area contributed by atoms with Crippen molar-refractivity contribution >= 4 is 16.7 Å². The summed E-state index contributed by atoms with van der Waals surface area (Å²) in [4.78, 5) is 12.3. The molecule has 184 valence electrons.